The first-order valence-electron chi connectivity index (χ1n) is 8.66. The van der Waals surface area contributed by atoms with Crippen LogP contribution >= 0.6 is 0 Å². The zero-order chi connectivity index (χ0) is 21.5. The Hall–Kier alpha value is -3.82. The fourth-order valence-corrected chi connectivity index (χ4v) is 3.86. The van der Waals surface area contributed by atoms with E-state index in [4.69, 9.17) is 0 Å². The van der Waals surface area contributed by atoms with Gasteiger partial charge in [0.25, 0.3) is 10.1 Å². The van der Waals surface area contributed by atoms with Crippen LogP contribution in [-0.2, 0) is 10.1 Å². The number of carboxylic acid groups (broad SMARTS) is 1. The molecule has 0 saturated carbocycles. The number of rotatable bonds is 4. The number of hydrogen-bond acceptors (Lipinski definition) is 6. The molecule has 4 aromatic rings. The molecule has 0 aliphatic carbocycles. The van der Waals surface area contributed by atoms with Crippen molar-refractivity contribution in [3.63, 3.8) is 0 Å². The number of aromatic carboxylic acids is 1. The van der Waals surface area contributed by atoms with Gasteiger partial charge >= 0.3 is 5.97 Å². The van der Waals surface area contributed by atoms with Gasteiger partial charge in [0, 0.05) is 5.39 Å². The monoisotopic (exact) mass is 422 g/mol. The van der Waals surface area contributed by atoms with Crippen LogP contribution in [-0.4, -0.2) is 29.2 Å². The van der Waals surface area contributed by atoms with E-state index in [9.17, 15) is 28.0 Å². The Morgan fingerprint density at radius 2 is 1.43 bits per heavy atom. The molecule has 0 unspecified atom stereocenters. The predicted octanol–water partition coefficient (Wildman–Crippen LogP) is 5.06. The van der Waals surface area contributed by atoms with Crippen LogP contribution in [0.25, 0.3) is 21.5 Å². The van der Waals surface area contributed by atoms with Gasteiger partial charge in [-0.3, -0.25) is 4.55 Å². The average molecular weight is 422 g/mol. The van der Waals surface area contributed by atoms with E-state index >= 15 is 0 Å². The van der Waals surface area contributed by atoms with Gasteiger partial charge in [-0.15, -0.1) is 10.2 Å². The summed E-state index contributed by atoms with van der Waals surface area (Å²) in [6.07, 6.45) is 0. The third kappa shape index (κ3) is 3.47. The number of hydrogen-bond donors (Lipinski definition) is 3. The molecule has 150 valence electrons. The first-order chi connectivity index (χ1) is 14.3. The van der Waals surface area contributed by atoms with Gasteiger partial charge in [-0.1, -0.05) is 48.5 Å². The van der Waals surface area contributed by atoms with Crippen LogP contribution < -0.4 is 0 Å². The maximum Gasteiger partial charge on any atom is 0.336 e. The lowest BCUT2D eigenvalue weighted by Crippen LogP contribution is -1.98. The van der Waals surface area contributed by atoms with E-state index in [0.29, 0.717) is 21.5 Å². The summed E-state index contributed by atoms with van der Waals surface area (Å²) in [6.45, 7) is 0. The molecule has 8 nitrogen and oxygen atoms in total. The summed E-state index contributed by atoms with van der Waals surface area (Å²) in [5.74, 6) is -1.64. The molecule has 4 rings (SSSR count). The topological polar surface area (TPSA) is 137 Å². The van der Waals surface area contributed by atoms with Gasteiger partial charge in [0.1, 0.15) is 22.0 Å². The normalized spacial score (nSPS) is 12.0. The summed E-state index contributed by atoms with van der Waals surface area (Å²) in [5.41, 5.74) is -0.251. The average Bonchev–Trinajstić information content (AvgIpc) is 2.71. The van der Waals surface area contributed by atoms with Crippen molar-refractivity contribution in [1.29, 1.82) is 0 Å². The van der Waals surface area contributed by atoms with E-state index in [2.05, 4.69) is 10.2 Å². The van der Waals surface area contributed by atoms with E-state index in [1.165, 1.54) is 12.1 Å². The van der Waals surface area contributed by atoms with Gasteiger partial charge in [0.2, 0.25) is 0 Å². The fourth-order valence-electron chi connectivity index (χ4n) is 3.22. The molecule has 9 heteroatoms. The first-order valence-corrected chi connectivity index (χ1v) is 10.1. The number of nitrogens with zero attached hydrogens (tertiary/aromatic N) is 2. The molecule has 0 spiro atoms. The van der Waals surface area contributed by atoms with Crippen LogP contribution in [0.3, 0.4) is 0 Å². The molecule has 0 aliphatic heterocycles. The van der Waals surface area contributed by atoms with Crippen LogP contribution in [0.5, 0.6) is 5.75 Å². The molecular formula is C21H14N2O6S. The lowest BCUT2D eigenvalue weighted by molar-refractivity contribution is 0.0698. The number of benzene rings is 4. The molecule has 4 aromatic carbocycles. The highest BCUT2D eigenvalue weighted by molar-refractivity contribution is 7.86. The van der Waals surface area contributed by atoms with Crippen molar-refractivity contribution in [3.05, 3.63) is 72.3 Å². The number of carbonyl (C=O) groups is 1. The molecule has 0 bridgehead atoms. The number of azo groups is 1. The Bertz CT molecular complexity index is 1460. The maximum atomic E-state index is 11.8. The predicted molar refractivity (Wildman–Crippen MR) is 111 cm³/mol. The molecule has 0 radical (unpaired) electrons. The summed E-state index contributed by atoms with van der Waals surface area (Å²) >= 11 is 0. The van der Waals surface area contributed by atoms with E-state index in [-0.39, 0.29) is 16.9 Å². The van der Waals surface area contributed by atoms with Gasteiger partial charge in [-0.2, -0.15) is 8.42 Å². The van der Waals surface area contributed by atoms with Gasteiger partial charge in [0.15, 0.2) is 0 Å². The van der Waals surface area contributed by atoms with Gasteiger partial charge in [-0.05, 0) is 34.4 Å². The zero-order valence-electron chi connectivity index (χ0n) is 15.2. The van der Waals surface area contributed by atoms with Crippen molar-refractivity contribution in [3.8, 4) is 5.75 Å². The van der Waals surface area contributed by atoms with Crippen LogP contribution in [0, 0.1) is 0 Å². The summed E-state index contributed by atoms with van der Waals surface area (Å²) in [7, 11) is -4.59. The molecule has 0 aliphatic rings. The number of phenols is 1. The van der Waals surface area contributed by atoms with Gasteiger partial charge in [-0.25, -0.2) is 4.79 Å². The maximum absolute atomic E-state index is 11.8. The minimum Gasteiger partial charge on any atom is -0.506 e. The first kappa shape index (κ1) is 19.5. The molecule has 0 atom stereocenters. The molecule has 0 heterocycles. The standard InChI is InChI=1S/C21H14N2O6S/c24-18-11-16(21(25)26)14-7-3-4-8-15(14)20(18)23-22-17-9-12-5-1-2-6-13(12)10-19(17)30(27,28)29/h1-11,24H,(H,25,26)(H,27,28,29). The summed E-state index contributed by atoms with van der Waals surface area (Å²) in [6, 6.07) is 17.1. The second-order valence-electron chi connectivity index (χ2n) is 6.48. The molecular weight excluding hydrogens is 408 g/mol. The van der Waals surface area contributed by atoms with Crippen LogP contribution in [0.15, 0.2) is 81.9 Å². The number of aromatic hydroxyl groups is 1. The number of carboxylic acids is 1. The molecule has 0 saturated heterocycles. The van der Waals surface area contributed by atoms with Crippen molar-refractivity contribution >= 4 is 49.0 Å². The minimum atomic E-state index is -4.59. The van der Waals surface area contributed by atoms with E-state index in [1.807, 2.05) is 0 Å². The lowest BCUT2D eigenvalue weighted by atomic mass is 10.0. The number of phenolic OH excluding ortho intramolecular Hbond substituents is 1. The van der Waals surface area contributed by atoms with E-state index in [1.54, 1.807) is 48.5 Å². The molecule has 0 amide bonds. The Labute approximate surface area is 170 Å². The molecule has 3 N–H and O–H groups in total. The highest BCUT2D eigenvalue weighted by Crippen LogP contribution is 2.39. The highest BCUT2D eigenvalue weighted by Gasteiger charge is 2.18. The Morgan fingerprint density at radius 1 is 0.833 bits per heavy atom. The second kappa shape index (κ2) is 7.21. The largest absolute Gasteiger partial charge is 0.506 e. The summed E-state index contributed by atoms with van der Waals surface area (Å²) in [5, 5.41) is 29.6. The quantitative estimate of drug-likeness (QED) is 0.311. The smallest absolute Gasteiger partial charge is 0.336 e. The summed E-state index contributed by atoms with van der Waals surface area (Å²) in [4.78, 5) is 11.0. The van der Waals surface area contributed by atoms with Gasteiger partial charge in [0.05, 0.1) is 5.56 Å². The molecule has 0 aromatic heterocycles. The highest BCUT2D eigenvalue weighted by atomic mass is 32.2. The van der Waals surface area contributed by atoms with Crippen molar-refractivity contribution in [2.75, 3.05) is 0 Å². The third-order valence-electron chi connectivity index (χ3n) is 4.59. The Kier molecular flexibility index (Phi) is 4.69. The fraction of sp³-hybridized carbons (Fsp3) is 0. The van der Waals surface area contributed by atoms with Crippen molar-refractivity contribution in [1.82, 2.24) is 0 Å². The Balaban J connectivity index is 1.94. The van der Waals surface area contributed by atoms with Crippen LogP contribution in [0.4, 0.5) is 11.4 Å². The minimum absolute atomic E-state index is 0.0231. The molecule has 30 heavy (non-hydrogen) atoms. The van der Waals surface area contributed by atoms with Crippen molar-refractivity contribution in [2.24, 2.45) is 10.2 Å². The van der Waals surface area contributed by atoms with E-state index < -0.39 is 26.7 Å². The lowest BCUT2D eigenvalue weighted by Gasteiger charge is -2.08. The third-order valence-corrected chi connectivity index (χ3v) is 5.47. The van der Waals surface area contributed by atoms with E-state index in [0.717, 1.165) is 6.07 Å². The van der Waals surface area contributed by atoms with Crippen LogP contribution in [0.2, 0.25) is 0 Å². The summed E-state index contributed by atoms with van der Waals surface area (Å²) < 4.78 is 33.3. The Morgan fingerprint density at radius 3 is 2.07 bits per heavy atom. The SMILES string of the molecule is O=C(O)c1cc(O)c(N=Nc2cc3ccccc3cc2S(=O)(=O)O)c2ccccc12. The zero-order valence-corrected chi connectivity index (χ0v) is 16.0. The van der Waals surface area contributed by atoms with Crippen molar-refractivity contribution in [2.45, 2.75) is 4.90 Å². The van der Waals surface area contributed by atoms with Crippen LogP contribution in [0.1, 0.15) is 10.4 Å². The molecule has 0 fully saturated rings. The van der Waals surface area contributed by atoms with Crippen molar-refractivity contribution < 1.29 is 28.0 Å². The number of fused-ring (bicyclic) bond motifs is 2. The second-order valence-corrected chi connectivity index (χ2v) is 7.87. The van der Waals surface area contributed by atoms with Gasteiger partial charge < -0.3 is 10.2 Å².